The first kappa shape index (κ1) is 15.2. The zero-order chi connectivity index (χ0) is 14.5. The van der Waals surface area contributed by atoms with Crippen LogP contribution in [-0.2, 0) is 0 Å². The molecule has 2 unspecified atom stereocenters. The highest BCUT2D eigenvalue weighted by atomic mass is 19.3. The van der Waals surface area contributed by atoms with Crippen LogP contribution in [0.2, 0.25) is 0 Å². The van der Waals surface area contributed by atoms with Crippen molar-refractivity contribution in [1.82, 2.24) is 5.32 Å². The zero-order valence-electron chi connectivity index (χ0n) is 11.6. The molecule has 1 aromatic rings. The number of aliphatic hydroxyl groups is 1. The molecule has 1 aliphatic rings. The molecule has 20 heavy (non-hydrogen) atoms. The summed E-state index contributed by atoms with van der Waals surface area (Å²) in [5.41, 5.74) is 0.692. The van der Waals surface area contributed by atoms with Crippen molar-refractivity contribution in [3.05, 3.63) is 29.8 Å². The number of alkyl halides is 2. The topological polar surface area (TPSA) is 41.5 Å². The van der Waals surface area contributed by atoms with Gasteiger partial charge < -0.3 is 15.2 Å². The quantitative estimate of drug-likeness (QED) is 0.771. The minimum Gasteiger partial charge on any atom is -0.435 e. The fourth-order valence-electron chi connectivity index (χ4n) is 2.24. The van der Waals surface area contributed by atoms with Crippen LogP contribution < -0.4 is 10.1 Å². The summed E-state index contributed by atoms with van der Waals surface area (Å²) in [5.74, 6) is 0.950. The minimum absolute atomic E-state index is 0.103. The van der Waals surface area contributed by atoms with E-state index in [4.69, 9.17) is 0 Å². The van der Waals surface area contributed by atoms with Crippen molar-refractivity contribution in [2.45, 2.75) is 44.9 Å². The molecule has 112 valence electrons. The summed E-state index contributed by atoms with van der Waals surface area (Å²) in [6.07, 6.45) is 3.14. The van der Waals surface area contributed by atoms with E-state index in [1.807, 2.05) is 0 Å². The Morgan fingerprint density at radius 3 is 2.50 bits per heavy atom. The van der Waals surface area contributed by atoms with Gasteiger partial charge in [-0.25, -0.2) is 0 Å². The van der Waals surface area contributed by atoms with Crippen LogP contribution in [0.5, 0.6) is 5.75 Å². The Morgan fingerprint density at radius 1 is 1.30 bits per heavy atom. The number of rotatable bonds is 8. The van der Waals surface area contributed by atoms with Crippen LogP contribution in [0.1, 0.15) is 37.9 Å². The van der Waals surface area contributed by atoms with Crippen molar-refractivity contribution < 1.29 is 18.6 Å². The molecule has 5 heteroatoms. The lowest BCUT2D eigenvalue weighted by Gasteiger charge is -2.17. The number of halogens is 2. The Hall–Kier alpha value is -1.20. The maximum Gasteiger partial charge on any atom is 0.387 e. The maximum atomic E-state index is 12.0. The predicted molar refractivity (Wildman–Crippen MR) is 72.8 cm³/mol. The van der Waals surface area contributed by atoms with Gasteiger partial charge in [-0.05, 0) is 37.0 Å². The third-order valence-electron chi connectivity index (χ3n) is 3.53. The van der Waals surface area contributed by atoms with Crippen LogP contribution in [0.15, 0.2) is 24.3 Å². The third kappa shape index (κ3) is 5.06. The number of benzene rings is 1. The Balaban J connectivity index is 1.77. The molecule has 0 radical (unpaired) electrons. The summed E-state index contributed by atoms with van der Waals surface area (Å²) in [5, 5.41) is 13.3. The van der Waals surface area contributed by atoms with Crippen molar-refractivity contribution in [2.75, 3.05) is 6.54 Å². The van der Waals surface area contributed by atoms with E-state index in [-0.39, 0.29) is 5.75 Å². The van der Waals surface area contributed by atoms with Crippen molar-refractivity contribution in [3.8, 4) is 5.75 Å². The number of aliphatic hydroxyl groups excluding tert-OH is 1. The highest BCUT2D eigenvalue weighted by Gasteiger charge is 2.23. The second-order valence-electron chi connectivity index (χ2n) is 5.45. The molecule has 0 amide bonds. The highest BCUT2D eigenvalue weighted by Crippen LogP contribution is 2.33. The van der Waals surface area contributed by atoms with E-state index in [0.29, 0.717) is 18.2 Å². The first-order chi connectivity index (χ1) is 9.54. The largest absolute Gasteiger partial charge is 0.435 e. The molecule has 0 spiro atoms. The van der Waals surface area contributed by atoms with Gasteiger partial charge in [0.05, 0.1) is 6.10 Å². The Kier molecular flexibility index (Phi) is 5.31. The van der Waals surface area contributed by atoms with E-state index in [2.05, 4.69) is 17.0 Å². The lowest BCUT2D eigenvalue weighted by Crippen LogP contribution is -2.30. The smallest absolute Gasteiger partial charge is 0.387 e. The molecule has 0 aromatic heterocycles. The molecule has 1 saturated carbocycles. The number of hydrogen-bond donors (Lipinski definition) is 2. The maximum absolute atomic E-state index is 12.0. The molecule has 3 nitrogen and oxygen atoms in total. The fourth-order valence-corrected chi connectivity index (χ4v) is 2.24. The number of hydrogen-bond acceptors (Lipinski definition) is 3. The molecule has 1 fully saturated rings. The highest BCUT2D eigenvalue weighted by molar-refractivity contribution is 5.28. The molecule has 0 heterocycles. The molecule has 1 aliphatic carbocycles. The normalized spacial score (nSPS) is 18.1. The monoisotopic (exact) mass is 285 g/mol. The summed E-state index contributed by atoms with van der Waals surface area (Å²) in [7, 11) is 0. The summed E-state index contributed by atoms with van der Waals surface area (Å²) < 4.78 is 28.3. The van der Waals surface area contributed by atoms with Gasteiger partial charge in [0.2, 0.25) is 0 Å². The van der Waals surface area contributed by atoms with Gasteiger partial charge in [0.15, 0.2) is 0 Å². The van der Waals surface area contributed by atoms with Crippen LogP contribution >= 0.6 is 0 Å². The van der Waals surface area contributed by atoms with Gasteiger partial charge in [-0.3, -0.25) is 0 Å². The fraction of sp³-hybridized carbons (Fsp3) is 0.600. The second kappa shape index (κ2) is 6.99. The Labute approximate surface area is 117 Å². The van der Waals surface area contributed by atoms with Gasteiger partial charge in [-0.15, -0.1) is 0 Å². The SMILES string of the molecule is CC(CC1CC1)NCC(O)c1ccc(OC(F)F)cc1. The lowest BCUT2D eigenvalue weighted by atomic mass is 10.1. The van der Waals surface area contributed by atoms with Gasteiger partial charge in [0.25, 0.3) is 0 Å². The van der Waals surface area contributed by atoms with Crippen molar-refractivity contribution >= 4 is 0 Å². The summed E-state index contributed by atoms with van der Waals surface area (Å²) in [4.78, 5) is 0. The second-order valence-corrected chi connectivity index (χ2v) is 5.45. The third-order valence-corrected chi connectivity index (χ3v) is 3.53. The van der Waals surface area contributed by atoms with E-state index in [1.54, 1.807) is 12.1 Å². The van der Waals surface area contributed by atoms with E-state index in [9.17, 15) is 13.9 Å². The first-order valence-electron chi connectivity index (χ1n) is 7.01. The van der Waals surface area contributed by atoms with Gasteiger partial charge in [-0.2, -0.15) is 8.78 Å². The standard InChI is InChI=1S/C15H21F2NO2/c1-10(8-11-2-3-11)18-9-14(19)12-4-6-13(7-5-12)20-15(16)17/h4-7,10-11,14-15,18-19H,2-3,8-9H2,1H3. The van der Waals surface area contributed by atoms with Gasteiger partial charge in [0.1, 0.15) is 5.75 Å². The summed E-state index contributed by atoms with van der Waals surface area (Å²) in [6.45, 7) is -0.246. The molecule has 0 saturated heterocycles. The average molecular weight is 285 g/mol. The van der Waals surface area contributed by atoms with Gasteiger partial charge in [-0.1, -0.05) is 25.0 Å². The Bertz CT molecular complexity index is 407. The van der Waals surface area contributed by atoms with Crippen molar-refractivity contribution in [1.29, 1.82) is 0 Å². The molecular weight excluding hydrogens is 264 g/mol. The zero-order valence-corrected chi connectivity index (χ0v) is 11.6. The molecule has 2 N–H and O–H groups in total. The van der Waals surface area contributed by atoms with Crippen LogP contribution in [0.25, 0.3) is 0 Å². The molecule has 1 aromatic carbocycles. The number of nitrogens with one attached hydrogen (secondary N) is 1. The molecule has 0 bridgehead atoms. The van der Waals surface area contributed by atoms with E-state index in [0.717, 1.165) is 12.3 Å². The number of ether oxygens (including phenoxy) is 1. The first-order valence-corrected chi connectivity index (χ1v) is 7.01. The van der Waals surface area contributed by atoms with Gasteiger partial charge in [0, 0.05) is 12.6 Å². The van der Waals surface area contributed by atoms with Crippen LogP contribution in [-0.4, -0.2) is 24.3 Å². The molecule has 2 atom stereocenters. The minimum atomic E-state index is -2.82. The van der Waals surface area contributed by atoms with E-state index in [1.165, 1.54) is 25.0 Å². The van der Waals surface area contributed by atoms with Crippen LogP contribution in [0.4, 0.5) is 8.78 Å². The van der Waals surface area contributed by atoms with Gasteiger partial charge >= 0.3 is 6.61 Å². The van der Waals surface area contributed by atoms with Crippen molar-refractivity contribution in [2.24, 2.45) is 5.92 Å². The molecular formula is C15H21F2NO2. The molecule has 0 aliphatic heterocycles. The van der Waals surface area contributed by atoms with Crippen molar-refractivity contribution in [3.63, 3.8) is 0 Å². The lowest BCUT2D eigenvalue weighted by molar-refractivity contribution is -0.0498. The Morgan fingerprint density at radius 2 is 1.95 bits per heavy atom. The summed E-state index contributed by atoms with van der Waals surface area (Å²) in [6, 6.07) is 6.49. The summed E-state index contributed by atoms with van der Waals surface area (Å²) >= 11 is 0. The molecule has 2 rings (SSSR count). The van der Waals surface area contributed by atoms with E-state index >= 15 is 0 Å². The van der Waals surface area contributed by atoms with Crippen LogP contribution in [0.3, 0.4) is 0 Å². The van der Waals surface area contributed by atoms with E-state index < -0.39 is 12.7 Å². The predicted octanol–water partition coefficient (Wildman–Crippen LogP) is 3.10. The van der Waals surface area contributed by atoms with Crippen LogP contribution in [0, 0.1) is 5.92 Å². The average Bonchev–Trinajstić information content (AvgIpc) is 3.20.